The van der Waals surface area contributed by atoms with Crippen LogP contribution >= 0.6 is 0 Å². The fraction of sp³-hybridized carbons (Fsp3) is 0.588. The molecule has 0 saturated heterocycles. The quantitative estimate of drug-likeness (QED) is 0.795. The van der Waals surface area contributed by atoms with Crippen molar-refractivity contribution in [1.82, 2.24) is 15.1 Å². The molecule has 4 nitrogen and oxygen atoms in total. The van der Waals surface area contributed by atoms with Crippen LogP contribution in [-0.2, 0) is 17.8 Å². The number of aromatic nitrogens is 2. The number of hydrogen-bond donors (Lipinski definition) is 1. The van der Waals surface area contributed by atoms with Crippen molar-refractivity contribution in [2.45, 2.75) is 52.2 Å². The van der Waals surface area contributed by atoms with Gasteiger partial charge >= 0.3 is 0 Å². The van der Waals surface area contributed by atoms with Gasteiger partial charge in [-0.1, -0.05) is 18.2 Å². The molecular weight excluding hydrogens is 262 g/mol. The van der Waals surface area contributed by atoms with E-state index in [2.05, 4.69) is 55.0 Å². The number of hydrogen-bond acceptors (Lipinski definition) is 3. The molecule has 0 saturated carbocycles. The maximum atomic E-state index is 5.11. The Labute approximate surface area is 127 Å². The summed E-state index contributed by atoms with van der Waals surface area (Å²) in [4.78, 5) is 0. The summed E-state index contributed by atoms with van der Waals surface area (Å²) in [5.41, 5.74) is 2.46. The molecule has 0 bridgehead atoms. The molecule has 1 heterocycles. The van der Waals surface area contributed by atoms with Crippen molar-refractivity contribution in [2.24, 2.45) is 0 Å². The molecule has 1 aromatic heterocycles. The van der Waals surface area contributed by atoms with E-state index >= 15 is 0 Å². The minimum atomic E-state index is 0.101. The van der Waals surface area contributed by atoms with E-state index in [0.717, 1.165) is 38.2 Å². The van der Waals surface area contributed by atoms with Crippen molar-refractivity contribution in [3.8, 4) is 0 Å². The summed E-state index contributed by atoms with van der Waals surface area (Å²) in [6.07, 6.45) is 2.16. The average Bonchev–Trinajstić information content (AvgIpc) is 2.79. The number of ether oxygens (including phenoxy) is 1. The molecule has 21 heavy (non-hydrogen) atoms. The molecule has 0 aliphatic carbocycles. The molecule has 0 aliphatic rings. The van der Waals surface area contributed by atoms with E-state index in [9.17, 15) is 0 Å². The van der Waals surface area contributed by atoms with Gasteiger partial charge in [0.15, 0.2) is 0 Å². The Morgan fingerprint density at radius 2 is 1.95 bits per heavy atom. The maximum Gasteiger partial charge on any atom is 0.0841 e. The fourth-order valence-electron chi connectivity index (χ4n) is 2.35. The highest BCUT2D eigenvalue weighted by Crippen LogP contribution is 2.19. The van der Waals surface area contributed by atoms with Crippen LogP contribution in [0.1, 0.15) is 39.3 Å². The van der Waals surface area contributed by atoms with Gasteiger partial charge in [-0.25, -0.2) is 0 Å². The second-order valence-electron chi connectivity index (χ2n) is 6.49. The maximum absolute atomic E-state index is 5.11. The Balaban J connectivity index is 2.14. The molecule has 1 aromatic carbocycles. The normalized spacial score (nSPS) is 12.2. The van der Waals surface area contributed by atoms with Crippen LogP contribution in [0.4, 0.5) is 0 Å². The SMILES string of the molecule is COCCCCn1nc(CNC(C)(C)C)c2ccccc21. The van der Waals surface area contributed by atoms with Gasteiger partial charge in [-0.2, -0.15) is 5.10 Å². The van der Waals surface area contributed by atoms with Crippen LogP contribution in [-0.4, -0.2) is 29.0 Å². The van der Waals surface area contributed by atoms with Gasteiger partial charge in [0.05, 0.1) is 11.2 Å². The van der Waals surface area contributed by atoms with E-state index in [1.54, 1.807) is 7.11 Å². The summed E-state index contributed by atoms with van der Waals surface area (Å²) in [7, 11) is 1.75. The Morgan fingerprint density at radius 3 is 2.67 bits per heavy atom. The zero-order valence-electron chi connectivity index (χ0n) is 13.6. The van der Waals surface area contributed by atoms with Gasteiger partial charge in [-0.15, -0.1) is 0 Å². The minimum absolute atomic E-state index is 0.101. The first kappa shape index (κ1) is 16.0. The Hall–Kier alpha value is -1.39. The number of methoxy groups -OCH3 is 1. The van der Waals surface area contributed by atoms with E-state index in [1.165, 1.54) is 10.9 Å². The third kappa shape index (κ3) is 4.55. The molecule has 2 rings (SSSR count). The number of fused-ring (bicyclic) bond motifs is 1. The largest absolute Gasteiger partial charge is 0.385 e. The lowest BCUT2D eigenvalue weighted by atomic mass is 10.1. The third-order valence-corrected chi connectivity index (χ3v) is 3.49. The fourth-order valence-corrected chi connectivity index (χ4v) is 2.35. The monoisotopic (exact) mass is 289 g/mol. The second-order valence-corrected chi connectivity index (χ2v) is 6.49. The van der Waals surface area contributed by atoms with Gasteiger partial charge in [0, 0.05) is 37.7 Å². The van der Waals surface area contributed by atoms with Crippen molar-refractivity contribution in [3.63, 3.8) is 0 Å². The summed E-state index contributed by atoms with van der Waals surface area (Å²) < 4.78 is 7.24. The van der Waals surface area contributed by atoms with Gasteiger partial charge in [0.25, 0.3) is 0 Å². The Morgan fingerprint density at radius 1 is 1.19 bits per heavy atom. The van der Waals surface area contributed by atoms with E-state index in [0.29, 0.717) is 0 Å². The van der Waals surface area contributed by atoms with Crippen molar-refractivity contribution in [3.05, 3.63) is 30.0 Å². The highest BCUT2D eigenvalue weighted by molar-refractivity contribution is 5.81. The van der Waals surface area contributed by atoms with Gasteiger partial charge in [0.1, 0.15) is 0 Å². The zero-order valence-corrected chi connectivity index (χ0v) is 13.6. The van der Waals surface area contributed by atoms with Gasteiger partial charge in [0.2, 0.25) is 0 Å². The molecule has 4 heteroatoms. The summed E-state index contributed by atoms with van der Waals surface area (Å²) in [6, 6.07) is 8.48. The van der Waals surface area contributed by atoms with Crippen molar-refractivity contribution in [1.29, 1.82) is 0 Å². The molecule has 0 spiro atoms. The summed E-state index contributed by atoms with van der Waals surface area (Å²) >= 11 is 0. The smallest absolute Gasteiger partial charge is 0.0841 e. The number of benzene rings is 1. The van der Waals surface area contributed by atoms with Crippen LogP contribution in [0, 0.1) is 0 Å². The average molecular weight is 289 g/mol. The molecule has 0 unspecified atom stereocenters. The lowest BCUT2D eigenvalue weighted by Gasteiger charge is -2.19. The molecule has 1 N–H and O–H groups in total. The number of unbranched alkanes of at least 4 members (excludes halogenated alkanes) is 1. The molecule has 0 aliphatic heterocycles. The predicted molar refractivity (Wildman–Crippen MR) is 87.4 cm³/mol. The van der Waals surface area contributed by atoms with Crippen LogP contribution in [0.15, 0.2) is 24.3 Å². The number of nitrogens with zero attached hydrogens (tertiary/aromatic N) is 2. The third-order valence-electron chi connectivity index (χ3n) is 3.49. The zero-order chi connectivity index (χ0) is 15.3. The number of aryl methyl sites for hydroxylation is 1. The predicted octanol–water partition coefficient (Wildman–Crippen LogP) is 3.35. The second kappa shape index (κ2) is 7.05. The number of nitrogens with one attached hydrogen (secondary N) is 1. The van der Waals surface area contributed by atoms with Gasteiger partial charge in [-0.05, 0) is 39.7 Å². The minimum Gasteiger partial charge on any atom is -0.385 e. The van der Waals surface area contributed by atoms with Crippen LogP contribution in [0.2, 0.25) is 0 Å². The molecule has 2 aromatic rings. The summed E-state index contributed by atoms with van der Waals surface area (Å²) in [6.45, 7) is 9.09. The van der Waals surface area contributed by atoms with Gasteiger partial charge in [-0.3, -0.25) is 4.68 Å². The lowest BCUT2D eigenvalue weighted by molar-refractivity contribution is 0.191. The van der Waals surface area contributed by atoms with E-state index in [4.69, 9.17) is 9.84 Å². The Kier molecular flexibility index (Phi) is 5.37. The highest BCUT2D eigenvalue weighted by atomic mass is 16.5. The molecular formula is C17H27N3O. The molecule has 116 valence electrons. The Bertz CT molecular complexity index is 569. The first-order valence-corrected chi connectivity index (χ1v) is 7.69. The van der Waals surface area contributed by atoms with Crippen molar-refractivity contribution in [2.75, 3.05) is 13.7 Å². The topological polar surface area (TPSA) is 39.1 Å². The molecule has 0 atom stereocenters. The summed E-state index contributed by atoms with van der Waals surface area (Å²) in [5.74, 6) is 0. The van der Waals surface area contributed by atoms with Crippen molar-refractivity contribution >= 4 is 10.9 Å². The first-order chi connectivity index (χ1) is 10.0. The number of para-hydroxylation sites is 1. The van der Waals surface area contributed by atoms with Crippen LogP contribution in [0.25, 0.3) is 10.9 Å². The van der Waals surface area contributed by atoms with Crippen LogP contribution in [0.3, 0.4) is 0 Å². The highest BCUT2D eigenvalue weighted by Gasteiger charge is 2.13. The van der Waals surface area contributed by atoms with E-state index < -0.39 is 0 Å². The molecule has 0 radical (unpaired) electrons. The van der Waals surface area contributed by atoms with Crippen LogP contribution in [0.5, 0.6) is 0 Å². The van der Waals surface area contributed by atoms with E-state index in [1.807, 2.05) is 0 Å². The lowest BCUT2D eigenvalue weighted by Crippen LogP contribution is -2.35. The molecule has 0 fully saturated rings. The summed E-state index contributed by atoms with van der Waals surface area (Å²) in [5, 5.41) is 9.58. The first-order valence-electron chi connectivity index (χ1n) is 7.69. The molecule has 0 amide bonds. The van der Waals surface area contributed by atoms with Crippen LogP contribution < -0.4 is 5.32 Å². The van der Waals surface area contributed by atoms with E-state index in [-0.39, 0.29) is 5.54 Å². The number of rotatable bonds is 7. The van der Waals surface area contributed by atoms with Gasteiger partial charge < -0.3 is 10.1 Å². The van der Waals surface area contributed by atoms with Crippen molar-refractivity contribution < 1.29 is 4.74 Å². The standard InChI is InChI=1S/C17H27N3O/c1-17(2,3)18-13-15-14-9-5-6-10-16(14)20(19-15)11-7-8-12-21-4/h5-6,9-10,18H,7-8,11-13H2,1-4H3.